The first-order valence-corrected chi connectivity index (χ1v) is 10.5. The van der Waals surface area contributed by atoms with Gasteiger partial charge in [-0.2, -0.15) is 13.2 Å². The zero-order valence-electron chi connectivity index (χ0n) is 16.3. The molecule has 2 atom stereocenters. The second kappa shape index (κ2) is 8.95. The van der Waals surface area contributed by atoms with Crippen molar-refractivity contribution in [1.82, 2.24) is 16.0 Å². The third-order valence-electron chi connectivity index (χ3n) is 4.67. The van der Waals surface area contributed by atoms with Crippen molar-refractivity contribution < 1.29 is 22.8 Å². The van der Waals surface area contributed by atoms with E-state index in [0.717, 1.165) is 11.6 Å². The number of carbonyl (C=O) groups excluding carboxylic acids is 2. The van der Waals surface area contributed by atoms with E-state index in [1.165, 1.54) is 6.07 Å². The van der Waals surface area contributed by atoms with Crippen molar-refractivity contribution in [3.63, 3.8) is 0 Å². The maximum Gasteiger partial charge on any atom is 0.425 e. The van der Waals surface area contributed by atoms with Gasteiger partial charge in [0.1, 0.15) is 11.0 Å². The minimum absolute atomic E-state index is 0.0239. The quantitative estimate of drug-likeness (QED) is 0.614. The van der Waals surface area contributed by atoms with E-state index in [4.69, 9.17) is 11.6 Å². The third kappa shape index (κ3) is 5.33. The molecule has 0 aliphatic carbocycles. The number of hydrogen-bond donors (Lipinski definition) is 3. The summed E-state index contributed by atoms with van der Waals surface area (Å²) in [6.45, 7) is 3.88. The second-order valence-corrected chi connectivity index (χ2v) is 8.87. The summed E-state index contributed by atoms with van der Waals surface area (Å²) in [5, 5.41) is 9.16. The van der Waals surface area contributed by atoms with Crippen molar-refractivity contribution >= 4 is 34.8 Å². The standard InChI is InChI=1S/C20H21ClF3N3O2S/c1-10(2)19(29)25-9-11-3-4-13(21)12(7-11)18-26-14(8-17(28)27-18)15-5-6-16(30-15)20(22,23)24/h3-7,10,14,18,26H,8-9H2,1-2H3,(H,25,29)(H,27,28). The molecule has 1 aromatic carbocycles. The van der Waals surface area contributed by atoms with Gasteiger partial charge < -0.3 is 10.6 Å². The summed E-state index contributed by atoms with van der Waals surface area (Å²) in [5.41, 5.74) is 1.37. The molecule has 1 saturated heterocycles. The van der Waals surface area contributed by atoms with Crippen LogP contribution >= 0.6 is 22.9 Å². The van der Waals surface area contributed by atoms with Crippen LogP contribution in [0.1, 0.15) is 53.4 Å². The zero-order valence-corrected chi connectivity index (χ0v) is 17.8. The Kier molecular flexibility index (Phi) is 6.74. The number of hydrogen-bond acceptors (Lipinski definition) is 4. The molecule has 10 heteroatoms. The van der Waals surface area contributed by atoms with Crippen molar-refractivity contribution in [1.29, 1.82) is 0 Å². The molecule has 1 aliphatic rings. The van der Waals surface area contributed by atoms with Crippen LogP contribution < -0.4 is 16.0 Å². The molecule has 0 saturated carbocycles. The average Bonchev–Trinajstić information content (AvgIpc) is 3.17. The van der Waals surface area contributed by atoms with E-state index in [-0.39, 0.29) is 24.2 Å². The summed E-state index contributed by atoms with van der Waals surface area (Å²) in [6.07, 6.45) is -5.06. The minimum Gasteiger partial charge on any atom is -0.352 e. The van der Waals surface area contributed by atoms with Gasteiger partial charge in [-0.15, -0.1) is 11.3 Å². The molecule has 2 heterocycles. The molecule has 3 N–H and O–H groups in total. The van der Waals surface area contributed by atoms with Crippen LogP contribution in [0.2, 0.25) is 5.02 Å². The van der Waals surface area contributed by atoms with Crippen LogP contribution in [-0.2, 0) is 22.3 Å². The van der Waals surface area contributed by atoms with E-state index in [9.17, 15) is 22.8 Å². The number of amides is 2. The number of nitrogens with one attached hydrogen (secondary N) is 3. The van der Waals surface area contributed by atoms with Gasteiger partial charge in [-0.25, -0.2) is 0 Å². The van der Waals surface area contributed by atoms with Crippen LogP contribution in [0.4, 0.5) is 13.2 Å². The van der Waals surface area contributed by atoms with Gasteiger partial charge in [-0.3, -0.25) is 14.9 Å². The van der Waals surface area contributed by atoms with Gasteiger partial charge in [0.25, 0.3) is 0 Å². The largest absolute Gasteiger partial charge is 0.425 e. The van der Waals surface area contributed by atoms with E-state index in [2.05, 4.69) is 16.0 Å². The lowest BCUT2D eigenvalue weighted by Gasteiger charge is -2.32. The van der Waals surface area contributed by atoms with Crippen molar-refractivity contribution in [2.45, 2.75) is 45.2 Å². The predicted octanol–water partition coefficient (Wildman–Crippen LogP) is 4.54. The molecule has 1 aromatic heterocycles. The van der Waals surface area contributed by atoms with E-state index < -0.39 is 23.3 Å². The molecule has 1 aliphatic heterocycles. The van der Waals surface area contributed by atoms with Crippen LogP contribution in [0, 0.1) is 5.92 Å². The number of carbonyl (C=O) groups is 2. The van der Waals surface area contributed by atoms with E-state index in [0.29, 0.717) is 33.3 Å². The van der Waals surface area contributed by atoms with Gasteiger partial charge in [0.2, 0.25) is 11.8 Å². The highest BCUT2D eigenvalue weighted by Gasteiger charge is 2.35. The predicted molar refractivity (Wildman–Crippen MR) is 109 cm³/mol. The smallest absolute Gasteiger partial charge is 0.352 e. The fraction of sp³-hybridized carbons (Fsp3) is 0.400. The Balaban J connectivity index is 1.79. The zero-order chi connectivity index (χ0) is 22.1. The van der Waals surface area contributed by atoms with Crippen molar-refractivity contribution in [2.75, 3.05) is 0 Å². The van der Waals surface area contributed by atoms with Crippen LogP contribution in [-0.4, -0.2) is 11.8 Å². The molecule has 162 valence electrons. The van der Waals surface area contributed by atoms with E-state index >= 15 is 0 Å². The van der Waals surface area contributed by atoms with Crippen molar-refractivity contribution in [3.05, 3.63) is 56.2 Å². The highest BCUT2D eigenvalue weighted by molar-refractivity contribution is 7.12. The summed E-state index contributed by atoms with van der Waals surface area (Å²) in [5.74, 6) is -0.529. The van der Waals surface area contributed by atoms with Gasteiger partial charge in [0.05, 0.1) is 6.04 Å². The van der Waals surface area contributed by atoms with Crippen molar-refractivity contribution in [3.8, 4) is 0 Å². The second-order valence-electron chi connectivity index (χ2n) is 7.35. The number of benzene rings is 1. The Labute approximate surface area is 181 Å². The maximum atomic E-state index is 12.9. The lowest BCUT2D eigenvalue weighted by Crippen LogP contribution is -2.46. The molecule has 3 rings (SSSR count). The summed E-state index contributed by atoms with van der Waals surface area (Å²) < 4.78 is 38.8. The minimum atomic E-state index is -4.42. The maximum absolute atomic E-state index is 12.9. The lowest BCUT2D eigenvalue weighted by atomic mass is 10.0. The number of rotatable bonds is 5. The van der Waals surface area contributed by atoms with Crippen LogP contribution in [0.3, 0.4) is 0 Å². The first-order chi connectivity index (χ1) is 14.0. The monoisotopic (exact) mass is 459 g/mol. The Hall–Kier alpha value is -2.10. The molecule has 1 fully saturated rings. The summed E-state index contributed by atoms with van der Waals surface area (Å²) in [6, 6.07) is 7.04. The highest BCUT2D eigenvalue weighted by Crippen LogP contribution is 2.38. The normalized spacial score (nSPS) is 19.6. The molecule has 30 heavy (non-hydrogen) atoms. The number of thiophene rings is 1. The third-order valence-corrected chi connectivity index (χ3v) is 6.26. The fourth-order valence-corrected chi connectivity index (χ4v) is 4.23. The van der Waals surface area contributed by atoms with Gasteiger partial charge in [0.15, 0.2) is 0 Å². The van der Waals surface area contributed by atoms with Gasteiger partial charge in [0, 0.05) is 34.3 Å². The van der Waals surface area contributed by atoms with Crippen LogP contribution in [0.25, 0.3) is 0 Å². The Bertz CT molecular complexity index is 946. The fourth-order valence-electron chi connectivity index (χ4n) is 3.07. The van der Waals surface area contributed by atoms with Gasteiger partial charge in [-0.1, -0.05) is 31.5 Å². The SMILES string of the molecule is CC(C)C(=O)NCc1ccc(Cl)c(C2NC(=O)CC(c3ccc(C(F)(F)F)s3)N2)c1. The van der Waals surface area contributed by atoms with Crippen LogP contribution in [0.5, 0.6) is 0 Å². The molecule has 0 spiro atoms. The Morgan fingerprint density at radius 3 is 2.67 bits per heavy atom. The topological polar surface area (TPSA) is 70.2 Å². The highest BCUT2D eigenvalue weighted by atomic mass is 35.5. The van der Waals surface area contributed by atoms with Crippen LogP contribution in [0.15, 0.2) is 30.3 Å². The molecule has 0 bridgehead atoms. The van der Waals surface area contributed by atoms with Crippen molar-refractivity contribution in [2.24, 2.45) is 5.92 Å². The summed E-state index contributed by atoms with van der Waals surface area (Å²) in [4.78, 5) is 23.8. The summed E-state index contributed by atoms with van der Waals surface area (Å²) >= 11 is 6.94. The first-order valence-electron chi connectivity index (χ1n) is 9.33. The molecule has 0 radical (unpaired) electrons. The van der Waals surface area contributed by atoms with E-state index in [1.807, 2.05) is 0 Å². The van der Waals surface area contributed by atoms with Gasteiger partial charge in [-0.05, 0) is 29.8 Å². The first kappa shape index (κ1) is 22.6. The molecular weight excluding hydrogens is 439 g/mol. The molecule has 2 unspecified atom stereocenters. The number of alkyl halides is 3. The van der Waals surface area contributed by atoms with E-state index in [1.54, 1.807) is 32.0 Å². The molecule has 2 amide bonds. The Morgan fingerprint density at radius 2 is 2.03 bits per heavy atom. The molecule has 2 aromatic rings. The Morgan fingerprint density at radius 1 is 1.30 bits per heavy atom. The molecule has 5 nitrogen and oxygen atoms in total. The van der Waals surface area contributed by atoms with Gasteiger partial charge >= 0.3 is 6.18 Å². The average molecular weight is 460 g/mol. The molecular formula is C20H21ClF3N3O2S. The lowest BCUT2D eigenvalue weighted by molar-refractivity contribution is -0.134. The summed E-state index contributed by atoms with van der Waals surface area (Å²) in [7, 11) is 0. The number of halogens is 4.